The van der Waals surface area contributed by atoms with Gasteiger partial charge in [-0.1, -0.05) is 12.1 Å². The van der Waals surface area contributed by atoms with Gasteiger partial charge in [0.1, 0.15) is 5.00 Å². The maximum absolute atomic E-state index is 13.2. The van der Waals surface area contributed by atoms with Crippen molar-refractivity contribution in [1.82, 2.24) is 9.78 Å². The molecule has 0 fully saturated rings. The Balaban J connectivity index is 2.22. The van der Waals surface area contributed by atoms with Crippen LogP contribution in [0.1, 0.15) is 29.9 Å². The van der Waals surface area contributed by atoms with Gasteiger partial charge in [0.2, 0.25) is 0 Å². The van der Waals surface area contributed by atoms with Crippen LogP contribution in [0.4, 0.5) is 5.00 Å². The van der Waals surface area contributed by atoms with E-state index in [9.17, 15) is 19.2 Å². The average Bonchev–Trinajstić information content (AvgIpc) is 3.12. The number of benzene rings is 1. The number of rotatable bonds is 5. The Hall–Kier alpha value is -3.53. The SMILES string of the molecule is CCOC(=O)C(=O)Nc1scc2c(C(=O)OCC)nn(-c3cccc(C)c3)c(=O)c12. The molecule has 3 aromatic rings. The third-order valence-corrected chi connectivity index (χ3v) is 4.95. The average molecular weight is 429 g/mol. The molecular formula is C20H19N3O6S. The van der Waals surface area contributed by atoms with Gasteiger partial charge < -0.3 is 14.8 Å². The number of aromatic nitrogens is 2. The molecule has 0 bridgehead atoms. The number of esters is 2. The molecule has 0 aliphatic heterocycles. The number of hydrogen-bond donors (Lipinski definition) is 1. The molecule has 30 heavy (non-hydrogen) atoms. The van der Waals surface area contributed by atoms with E-state index in [0.29, 0.717) is 5.69 Å². The van der Waals surface area contributed by atoms with E-state index in [2.05, 4.69) is 15.2 Å². The number of carbonyl (C=O) groups excluding carboxylic acids is 3. The summed E-state index contributed by atoms with van der Waals surface area (Å²) in [6, 6.07) is 7.02. The maximum Gasteiger partial charge on any atom is 0.397 e. The summed E-state index contributed by atoms with van der Waals surface area (Å²) in [6.45, 7) is 5.25. The highest BCUT2D eigenvalue weighted by Gasteiger charge is 2.24. The van der Waals surface area contributed by atoms with Crippen molar-refractivity contribution >= 4 is 45.0 Å². The molecule has 1 amide bonds. The first-order valence-electron chi connectivity index (χ1n) is 9.14. The molecule has 2 heterocycles. The van der Waals surface area contributed by atoms with Crippen molar-refractivity contribution < 1.29 is 23.9 Å². The zero-order valence-electron chi connectivity index (χ0n) is 16.6. The van der Waals surface area contributed by atoms with E-state index < -0.39 is 23.4 Å². The lowest BCUT2D eigenvalue weighted by Gasteiger charge is -2.10. The lowest BCUT2D eigenvalue weighted by atomic mass is 10.2. The van der Waals surface area contributed by atoms with E-state index in [0.717, 1.165) is 21.6 Å². The van der Waals surface area contributed by atoms with Gasteiger partial charge in [0, 0.05) is 10.8 Å². The highest BCUT2D eigenvalue weighted by Crippen LogP contribution is 2.30. The summed E-state index contributed by atoms with van der Waals surface area (Å²) in [5.41, 5.74) is 0.714. The summed E-state index contributed by atoms with van der Waals surface area (Å²) in [4.78, 5) is 49.5. The molecule has 0 spiro atoms. The molecular weight excluding hydrogens is 410 g/mol. The van der Waals surface area contributed by atoms with Crippen LogP contribution in [0.2, 0.25) is 0 Å². The van der Waals surface area contributed by atoms with Crippen molar-refractivity contribution in [1.29, 1.82) is 0 Å². The molecule has 1 N–H and O–H groups in total. The Morgan fingerprint density at radius 3 is 2.57 bits per heavy atom. The minimum atomic E-state index is -1.07. The molecule has 0 atom stereocenters. The number of fused-ring (bicyclic) bond motifs is 1. The predicted molar refractivity (Wildman–Crippen MR) is 111 cm³/mol. The van der Waals surface area contributed by atoms with Crippen LogP contribution in [0.15, 0.2) is 34.4 Å². The van der Waals surface area contributed by atoms with Gasteiger partial charge in [-0.05, 0) is 38.5 Å². The van der Waals surface area contributed by atoms with Crippen LogP contribution >= 0.6 is 11.3 Å². The van der Waals surface area contributed by atoms with Gasteiger partial charge in [-0.3, -0.25) is 9.59 Å². The Bertz CT molecular complexity index is 1200. The van der Waals surface area contributed by atoms with E-state index in [-0.39, 0.29) is 34.7 Å². The van der Waals surface area contributed by atoms with Gasteiger partial charge in [0.25, 0.3) is 5.56 Å². The molecule has 0 unspecified atom stereocenters. The number of amides is 1. The Morgan fingerprint density at radius 1 is 1.17 bits per heavy atom. The topological polar surface area (TPSA) is 117 Å². The van der Waals surface area contributed by atoms with Crippen LogP contribution in [0, 0.1) is 6.92 Å². The minimum Gasteiger partial charge on any atom is -0.461 e. The highest BCUT2D eigenvalue weighted by atomic mass is 32.1. The normalized spacial score (nSPS) is 10.6. The van der Waals surface area contributed by atoms with E-state index in [1.807, 2.05) is 13.0 Å². The molecule has 0 aliphatic rings. The van der Waals surface area contributed by atoms with Gasteiger partial charge in [0.05, 0.1) is 24.3 Å². The number of aryl methyl sites for hydroxylation is 1. The number of thiophene rings is 1. The highest BCUT2D eigenvalue weighted by molar-refractivity contribution is 7.16. The van der Waals surface area contributed by atoms with Crippen molar-refractivity contribution in [2.45, 2.75) is 20.8 Å². The summed E-state index contributed by atoms with van der Waals surface area (Å²) >= 11 is 0.997. The number of hydrogen-bond acceptors (Lipinski definition) is 8. The first-order valence-corrected chi connectivity index (χ1v) is 10.0. The van der Waals surface area contributed by atoms with Gasteiger partial charge >= 0.3 is 17.8 Å². The Morgan fingerprint density at radius 2 is 1.90 bits per heavy atom. The number of nitrogens with zero attached hydrogens (tertiary/aromatic N) is 2. The molecule has 0 radical (unpaired) electrons. The fourth-order valence-corrected chi connectivity index (χ4v) is 3.71. The molecule has 0 aliphatic carbocycles. The molecule has 3 rings (SSSR count). The summed E-state index contributed by atoms with van der Waals surface area (Å²) in [6.07, 6.45) is 0. The minimum absolute atomic E-state index is 0.0362. The van der Waals surface area contributed by atoms with Crippen LogP contribution in [-0.2, 0) is 19.1 Å². The second kappa shape index (κ2) is 8.87. The van der Waals surface area contributed by atoms with Crippen LogP contribution in [0.5, 0.6) is 0 Å². The van der Waals surface area contributed by atoms with Crippen molar-refractivity contribution in [3.05, 3.63) is 51.3 Å². The lowest BCUT2D eigenvalue weighted by Crippen LogP contribution is -2.27. The number of ether oxygens (including phenoxy) is 2. The predicted octanol–water partition coefficient (Wildman–Crippen LogP) is 2.43. The van der Waals surface area contributed by atoms with Crippen LogP contribution in [0.25, 0.3) is 16.5 Å². The lowest BCUT2D eigenvalue weighted by molar-refractivity contribution is -0.152. The second-order valence-electron chi connectivity index (χ2n) is 6.15. The molecule has 2 aromatic heterocycles. The molecule has 0 saturated carbocycles. The van der Waals surface area contributed by atoms with Crippen molar-refractivity contribution in [3.63, 3.8) is 0 Å². The number of nitrogens with one attached hydrogen (secondary N) is 1. The van der Waals surface area contributed by atoms with E-state index in [1.165, 1.54) is 5.38 Å². The number of anilines is 1. The number of carbonyl (C=O) groups is 3. The molecule has 0 saturated heterocycles. The van der Waals surface area contributed by atoms with E-state index in [1.54, 1.807) is 32.0 Å². The van der Waals surface area contributed by atoms with Crippen LogP contribution in [0.3, 0.4) is 0 Å². The monoisotopic (exact) mass is 429 g/mol. The van der Waals surface area contributed by atoms with Crippen LogP contribution in [-0.4, -0.2) is 40.8 Å². The van der Waals surface area contributed by atoms with Crippen LogP contribution < -0.4 is 10.9 Å². The third kappa shape index (κ3) is 4.08. The fourth-order valence-electron chi connectivity index (χ4n) is 2.78. The molecule has 156 valence electrons. The smallest absolute Gasteiger partial charge is 0.397 e. The van der Waals surface area contributed by atoms with Gasteiger partial charge in [-0.15, -0.1) is 11.3 Å². The van der Waals surface area contributed by atoms with Crippen molar-refractivity contribution in [3.8, 4) is 5.69 Å². The zero-order valence-corrected chi connectivity index (χ0v) is 17.4. The summed E-state index contributed by atoms with van der Waals surface area (Å²) in [7, 11) is 0. The van der Waals surface area contributed by atoms with Gasteiger partial charge in [-0.25, -0.2) is 9.59 Å². The summed E-state index contributed by atoms with van der Waals surface area (Å²) < 4.78 is 10.8. The van der Waals surface area contributed by atoms with Gasteiger partial charge in [0.15, 0.2) is 5.69 Å². The molecule has 9 nitrogen and oxygen atoms in total. The van der Waals surface area contributed by atoms with Gasteiger partial charge in [-0.2, -0.15) is 9.78 Å². The van der Waals surface area contributed by atoms with E-state index in [4.69, 9.17) is 4.74 Å². The fraction of sp³-hybridized carbons (Fsp3) is 0.250. The summed E-state index contributed by atoms with van der Waals surface area (Å²) in [5, 5.41) is 8.52. The first kappa shape index (κ1) is 21.2. The third-order valence-electron chi connectivity index (χ3n) is 4.06. The van der Waals surface area contributed by atoms with E-state index >= 15 is 0 Å². The zero-order chi connectivity index (χ0) is 21.8. The molecule has 1 aromatic carbocycles. The largest absolute Gasteiger partial charge is 0.461 e. The molecule has 10 heteroatoms. The maximum atomic E-state index is 13.2. The van der Waals surface area contributed by atoms with Crippen molar-refractivity contribution in [2.75, 3.05) is 18.5 Å². The first-order chi connectivity index (χ1) is 14.4. The standard InChI is InChI=1S/C20H19N3O6S/c1-4-28-19(26)15-13-10-30-17(21-16(24)20(27)29-5-2)14(13)18(25)23(22-15)12-8-6-7-11(3)9-12/h6-10H,4-5H2,1-3H3,(H,21,24). The quantitative estimate of drug-likeness (QED) is 0.489. The Kier molecular flexibility index (Phi) is 6.26. The van der Waals surface area contributed by atoms with Crippen molar-refractivity contribution in [2.24, 2.45) is 0 Å². The second-order valence-corrected chi connectivity index (χ2v) is 7.03. The Labute approximate surface area is 175 Å². The summed E-state index contributed by atoms with van der Waals surface area (Å²) in [5.74, 6) is -2.79.